The Balaban J connectivity index is 2.53. The smallest absolute Gasteiger partial charge is 0.221 e. The van der Waals surface area contributed by atoms with Crippen molar-refractivity contribution in [2.45, 2.75) is 13.0 Å². The zero-order valence-electron chi connectivity index (χ0n) is 7.82. The highest BCUT2D eigenvalue weighted by Crippen LogP contribution is 2.04. The third kappa shape index (κ3) is 3.25. The molecule has 0 fully saturated rings. The predicted molar refractivity (Wildman–Crippen MR) is 51.4 cm³/mol. The summed E-state index contributed by atoms with van der Waals surface area (Å²) in [5.74, 6) is 0.992. The van der Waals surface area contributed by atoms with E-state index in [1.165, 1.54) is 0 Å². The molecule has 3 N–H and O–H groups in total. The third-order valence-corrected chi connectivity index (χ3v) is 1.49. The summed E-state index contributed by atoms with van der Waals surface area (Å²) in [6.45, 7) is 2.63. The van der Waals surface area contributed by atoms with Crippen molar-refractivity contribution in [1.29, 1.82) is 0 Å². The van der Waals surface area contributed by atoms with Crippen molar-refractivity contribution in [3.63, 3.8) is 0 Å². The first-order valence-corrected chi connectivity index (χ1v) is 4.06. The maximum Gasteiger partial charge on any atom is 0.221 e. The molecule has 1 atom stereocenters. The molecule has 0 radical (unpaired) electrons. The molecule has 1 heterocycles. The molecule has 1 unspecified atom stereocenters. The molecule has 13 heavy (non-hydrogen) atoms. The number of nitrogens with two attached hydrogens (primary N) is 1. The Labute approximate surface area is 77.3 Å². The molecule has 0 amide bonds. The fraction of sp³-hybridized carbons (Fsp3) is 0.500. The number of aromatic nitrogens is 2. The lowest BCUT2D eigenvalue weighted by molar-refractivity contribution is 0.190. The zero-order valence-corrected chi connectivity index (χ0v) is 7.82. The van der Waals surface area contributed by atoms with Gasteiger partial charge in [0.15, 0.2) is 0 Å². The van der Waals surface area contributed by atoms with Crippen LogP contribution in [0.3, 0.4) is 0 Å². The molecule has 0 aliphatic heterocycles. The Kier molecular flexibility index (Phi) is 3.45. The van der Waals surface area contributed by atoms with Gasteiger partial charge >= 0.3 is 0 Å². The molecule has 0 aromatic carbocycles. The van der Waals surface area contributed by atoms with Gasteiger partial charge in [0.25, 0.3) is 0 Å². The first kappa shape index (κ1) is 9.73. The monoisotopic (exact) mass is 182 g/mol. The number of nitrogen functional groups attached to an aromatic ring is 1. The lowest BCUT2D eigenvalue weighted by Crippen LogP contribution is -2.21. The first-order valence-electron chi connectivity index (χ1n) is 4.06. The molecule has 72 valence electrons. The Morgan fingerprint density at radius 2 is 2.46 bits per heavy atom. The van der Waals surface area contributed by atoms with E-state index < -0.39 is 0 Å². The SMILES string of the molecule is COCC(C)Nc1ccnc(N)n1. The van der Waals surface area contributed by atoms with Crippen molar-refractivity contribution < 1.29 is 4.74 Å². The molecule has 1 rings (SSSR count). The molecule has 5 nitrogen and oxygen atoms in total. The maximum absolute atomic E-state index is 5.41. The molecule has 0 bridgehead atoms. The quantitative estimate of drug-likeness (QED) is 0.709. The Bertz CT molecular complexity index is 266. The van der Waals surface area contributed by atoms with Gasteiger partial charge in [0.1, 0.15) is 5.82 Å². The summed E-state index contributed by atoms with van der Waals surface area (Å²) in [5.41, 5.74) is 5.41. The van der Waals surface area contributed by atoms with Crippen LogP contribution in [0.5, 0.6) is 0 Å². The minimum Gasteiger partial charge on any atom is -0.383 e. The average molecular weight is 182 g/mol. The highest BCUT2D eigenvalue weighted by atomic mass is 16.5. The summed E-state index contributed by atoms with van der Waals surface area (Å²) in [5, 5.41) is 3.13. The van der Waals surface area contributed by atoms with Crippen LogP contribution in [0.2, 0.25) is 0 Å². The second-order valence-corrected chi connectivity index (χ2v) is 2.80. The maximum atomic E-state index is 5.41. The summed E-state index contributed by atoms with van der Waals surface area (Å²) in [6.07, 6.45) is 1.62. The highest BCUT2D eigenvalue weighted by molar-refractivity contribution is 5.38. The van der Waals surface area contributed by atoms with Crippen LogP contribution < -0.4 is 11.1 Å². The third-order valence-electron chi connectivity index (χ3n) is 1.49. The van der Waals surface area contributed by atoms with Gasteiger partial charge in [0, 0.05) is 19.3 Å². The number of rotatable bonds is 4. The van der Waals surface area contributed by atoms with Gasteiger partial charge in [0.05, 0.1) is 6.61 Å². The predicted octanol–water partition coefficient (Wildman–Crippen LogP) is 0.506. The van der Waals surface area contributed by atoms with Gasteiger partial charge in [-0.3, -0.25) is 0 Å². The van der Waals surface area contributed by atoms with Gasteiger partial charge in [-0.2, -0.15) is 4.98 Å². The Hall–Kier alpha value is -1.36. The number of anilines is 2. The van der Waals surface area contributed by atoms with E-state index in [1.807, 2.05) is 6.92 Å². The largest absolute Gasteiger partial charge is 0.383 e. The number of nitrogens with zero attached hydrogens (tertiary/aromatic N) is 2. The Morgan fingerprint density at radius 3 is 3.08 bits per heavy atom. The molecule has 0 spiro atoms. The topological polar surface area (TPSA) is 73.1 Å². The first-order chi connectivity index (χ1) is 6.22. The van der Waals surface area contributed by atoms with Crippen LogP contribution in [0.25, 0.3) is 0 Å². The number of methoxy groups -OCH3 is 1. The standard InChI is InChI=1S/C8H14N4O/c1-6(5-13-2)11-7-3-4-10-8(9)12-7/h3-4,6H,5H2,1-2H3,(H3,9,10,11,12). The summed E-state index contributed by atoms with van der Waals surface area (Å²) < 4.78 is 4.97. The van der Waals surface area contributed by atoms with Gasteiger partial charge in [-0.15, -0.1) is 0 Å². The van der Waals surface area contributed by atoms with Crippen molar-refractivity contribution in [3.05, 3.63) is 12.3 Å². The molecule has 0 aliphatic carbocycles. The van der Waals surface area contributed by atoms with Gasteiger partial charge in [0.2, 0.25) is 5.95 Å². The average Bonchev–Trinajstić information content (AvgIpc) is 2.04. The lowest BCUT2D eigenvalue weighted by atomic mass is 10.3. The normalized spacial score (nSPS) is 12.5. The summed E-state index contributed by atoms with van der Waals surface area (Å²) in [4.78, 5) is 7.78. The molecular formula is C8H14N4O. The van der Waals surface area contributed by atoms with Crippen LogP contribution in [0.15, 0.2) is 12.3 Å². The summed E-state index contributed by atoms with van der Waals surface area (Å²) in [6, 6.07) is 1.97. The van der Waals surface area contributed by atoms with E-state index in [2.05, 4.69) is 15.3 Å². The van der Waals surface area contributed by atoms with Crippen LogP contribution in [0.1, 0.15) is 6.92 Å². The highest BCUT2D eigenvalue weighted by Gasteiger charge is 2.01. The van der Waals surface area contributed by atoms with Gasteiger partial charge in [-0.1, -0.05) is 0 Å². The van der Waals surface area contributed by atoms with E-state index in [0.29, 0.717) is 6.61 Å². The van der Waals surface area contributed by atoms with Crippen LogP contribution in [-0.2, 0) is 4.74 Å². The Morgan fingerprint density at radius 1 is 1.69 bits per heavy atom. The lowest BCUT2D eigenvalue weighted by Gasteiger charge is -2.12. The summed E-state index contributed by atoms with van der Waals surface area (Å²) in [7, 11) is 1.66. The number of hydrogen-bond acceptors (Lipinski definition) is 5. The molecule has 0 saturated carbocycles. The zero-order chi connectivity index (χ0) is 9.68. The van der Waals surface area contributed by atoms with Crippen molar-refractivity contribution in [2.24, 2.45) is 0 Å². The van der Waals surface area contributed by atoms with Crippen molar-refractivity contribution in [2.75, 3.05) is 24.8 Å². The minimum atomic E-state index is 0.208. The van der Waals surface area contributed by atoms with Crippen molar-refractivity contribution in [3.8, 4) is 0 Å². The molecule has 1 aromatic rings. The molecule has 1 aromatic heterocycles. The molecule has 0 aliphatic rings. The molecule has 5 heteroatoms. The number of ether oxygens (including phenoxy) is 1. The van der Waals surface area contributed by atoms with E-state index in [9.17, 15) is 0 Å². The van der Waals surface area contributed by atoms with Gasteiger partial charge in [-0.25, -0.2) is 4.98 Å². The van der Waals surface area contributed by atoms with Crippen LogP contribution >= 0.6 is 0 Å². The molecule has 0 saturated heterocycles. The fourth-order valence-electron chi connectivity index (χ4n) is 0.998. The summed E-state index contributed by atoms with van der Waals surface area (Å²) >= 11 is 0. The van der Waals surface area contributed by atoms with Crippen molar-refractivity contribution >= 4 is 11.8 Å². The van der Waals surface area contributed by atoms with Crippen LogP contribution in [0, 0.1) is 0 Å². The number of hydrogen-bond donors (Lipinski definition) is 2. The van der Waals surface area contributed by atoms with Gasteiger partial charge in [-0.05, 0) is 13.0 Å². The fourth-order valence-corrected chi connectivity index (χ4v) is 0.998. The van der Waals surface area contributed by atoms with E-state index in [0.717, 1.165) is 5.82 Å². The number of nitrogens with one attached hydrogen (secondary N) is 1. The van der Waals surface area contributed by atoms with Crippen molar-refractivity contribution in [1.82, 2.24) is 9.97 Å². The second kappa shape index (κ2) is 4.61. The van der Waals surface area contributed by atoms with Crippen LogP contribution in [0.4, 0.5) is 11.8 Å². The second-order valence-electron chi connectivity index (χ2n) is 2.80. The molecular weight excluding hydrogens is 168 g/mol. The van der Waals surface area contributed by atoms with E-state index in [-0.39, 0.29) is 12.0 Å². The van der Waals surface area contributed by atoms with E-state index in [4.69, 9.17) is 10.5 Å². The minimum absolute atomic E-state index is 0.208. The van der Waals surface area contributed by atoms with Gasteiger partial charge < -0.3 is 15.8 Å². The van der Waals surface area contributed by atoms with E-state index in [1.54, 1.807) is 19.4 Å². The van der Waals surface area contributed by atoms with Crippen LogP contribution in [-0.4, -0.2) is 29.7 Å². The van der Waals surface area contributed by atoms with E-state index >= 15 is 0 Å².